The summed E-state index contributed by atoms with van der Waals surface area (Å²) in [7, 11) is 0. The van der Waals surface area contributed by atoms with E-state index in [-0.39, 0.29) is 0 Å². The molecule has 0 radical (unpaired) electrons. The van der Waals surface area contributed by atoms with Crippen molar-refractivity contribution < 1.29 is 9.53 Å². The third kappa shape index (κ3) is 5.37. The summed E-state index contributed by atoms with van der Waals surface area (Å²) >= 11 is 0. The van der Waals surface area contributed by atoms with Crippen LogP contribution < -0.4 is 4.74 Å². The Morgan fingerprint density at radius 2 is 2.00 bits per heavy atom. The first-order valence-corrected chi connectivity index (χ1v) is 8.26. The number of allylic oxidation sites excluding steroid dienone is 1. The normalized spacial score (nSPS) is 17.2. The Labute approximate surface area is 128 Å². The molecule has 0 spiro atoms. The van der Waals surface area contributed by atoms with Crippen molar-refractivity contribution >= 4 is 11.9 Å². The lowest BCUT2D eigenvalue weighted by atomic mass is 9.92. The van der Waals surface area contributed by atoms with Crippen molar-refractivity contribution in [1.82, 2.24) is 0 Å². The Hall–Kier alpha value is -1.57. The van der Waals surface area contributed by atoms with E-state index in [0.717, 1.165) is 49.2 Å². The molecule has 1 fully saturated rings. The van der Waals surface area contributed by atoms with Gasteiger partial charge in [-0.1, -0.05) is 38.3 Å². The Morgan fingerprint density at radius 1 is 1.14 bits per heavy atom. The summed E-state index contributed by atoms with van der Waals surface area (Å²) in [6, 6.07) is 8.07. The molecule has 114 valence electrons. The third-order valence-electron chi connectivity index (χ3n) is 3.92. The fourth-order valence-corrected chi connectivity index (χ4v) is 2.67. The minimum absolute atomic E-state index is 0.312. The fraction of sp³-hybridized carbons (Fsp3) is 0.526. The number of ketones is 1. The lowest BCUT2D eigenvalue weighted by Gasteiger charge is -2.12. The van der Waals surface area contributed by atoms with Crippen LogP contribution in [0.1, 0.15) is 63.9 Å². The molecule has 1 saturated carbocycles. The molecular formula is C19H26O2. The average Bonchev–Trinajstić information content (AvgIpc) is 2.50. The van der Waals surface area contributed by atoms with E-state index in [1.165, 1.54) is 19.3 Å². The van der Waals surface area contributed by atoms with Crippen LogP contribution in [0.5, 0.6) is 5.75 Å². The van der Waals surface area contributed by atoms with Crippen LogP contribution >= 0.6 is 0 Å². The summed E-state index contributed by atoms with van der Waals surface area (Å²) in [4.78, 5) is 11.9. The first-order chi connectivity index (χ1) is 10.3. The molecular weight excluding hydrogens is 260 g/mol. The van der Waals surface area contributed by atoms with E-state index in [1.54, 1.807) is 0 Å². The number of carbonyl (C=O) groups excluding carboxylic acids is 1. The van der Waals surface area contributed by atoms with E-state index in [4.69, 9.17) is 4.74 Å². The van der Waals surface area contributed by atoms with Crippen molar-refractivity contribution in [3.05, 3.63) is 35.4 Å². The monoisotopic (exact) mass is 286 g/mol. The summed E-state index contributed by atoms with van der Waals surface area (Å²) < 4.78 is 5.80. The third-order valence-corrected chi connectivity index (χ3v) is 3.92. The van der Waals surface area contributed by atoms with Crippen molar-refractivity contribution in [2.45, 2.75) is 58.3 Å². The minimum Gasteiger partial charge on any atom is -0.494 e. The number of hydrogen-bond acceptors (Lipinski definition) is 2. The van der Waals surface area contributed by atoms with Crippen molar-refractivity contribution in [2.75, 3.05) is 6.61 Å². The molecule has 0 aromatic heterocycles. The lowest BCUT2D eigenvalue weighted by Crippen LogP contribution is -2.07. The number of hydrogen-bond donors (Lipinski definition) is 0. The van der Waals surface area contributed by atoms with E-state index < -0.39 is 0 Å². The zero-order chi connectivity index (χ0) is 14.9. The van der Waals surface area contributed by atoms with Crippen molar-refractivity contribution in [1.29, 1.82) is 0 Å². The number of unbranched alkanes of at least 4 members (excludes halogenated alkanes) is 3. The summed E-state index contributed by atoms with van der Waals surface area (Å²) in [5.74, 6) is 1.22. The van der Waals surface area contributed by atoms with Gasteiger partial charge in [-0.05, 0) is 55.0 Å². The molecule has 1 aromatic carbocycles. The maximum absolute atomic E-state index is 11.9. The molecule has 2 nitrogen and oxygen atoms in total. The van der Waals surface area contributed by atoms with Gasteiger partial charge in [0.1, 0.15) is 5.75 Å². The Morgan fingerprint density at radius 3 is 2.81 bits per heavy atom. The van der Waals surface area contributed by atoms with Crippen molar-refractivity contribution in [2.24, 2.45) is 0 Å². The molecule has 0 N–H and O–H groups in total. The highest BCUT2D eigenvalue weighted by Gasteiger charge is 2.14. The zero-order valence-electron chi connectivity index (χ0n) is 13.1. The average molecular weight is 286 g/mol. The number of benzene rings is 1. The first kappa shape index (κ1) is 15.8. The van der Waals surface area contributed by atoms with Gasteiger partial charge in [-0.15, -0.1) is 0 Å². The number of Topliss-reactive ketones (excluding diaryl/α,β-unsaturated/α-hetero) is 1. The van der Waals surface area contributed by atoms with Crippen LogP contribution in [0.3, 0.4) is 0 Å². The molecule has 0 amide bonds. The lowest BCUT2D eigenvalue weighted by molar-refractivity contribution is -0.116. The molecule has 0 bridgehead atoms. The van der Waals surface area contributed by atoms with Crippen LogP contribution in [0.25, 0.3) is 6.08 Å². The number of carbonyl (C=O) groups is 1. The largest absolute Gasteiger partial charge is 0.494 e. The Bertz CT molecular complexity index is 488. The van der Waals surface area contributed by atoms with Gasteiger partial charge in [0.25, 0.3) is 0 Å². The molecule has 0 unspecified atom stereocenters. The van der Waals surface area contributed by atoms with Crippen LogP contribution in [-0.2, 0) is 4.79 Å². The summed E-state index contributed by atoms with van der Waals surface area (Å²) in [5, 5.41) is 0. The van der Waals surface area contributed by atoms with Gasteiger partial charge in [0, 0.05) is 6.42 Å². The van der Waals surface area contributed by atoms with Gasteiger partial charge >= 0.3 is 0 Å². The van der Waals surface area contributed by atoms with Gasteiger partial charge in [-0.2, -0.15) is 0 Å². The van der Waals surface area contributed by atoms with Gasteiger partial charge < -0.3 is 4.74 Å². The second-order valence-electron chi connectivity index (χ2n) is 5.78. The van der Waals surface area contributed by atoms with Crippen molar-refractivity contribution in [3.8, 4) is 5.75 Å². The van der Waals surface area contributed by atoms with E-state index in [1.807, 2.05) is 30.3 Å². The second-order valence-corrected chi connectivity index (χ2v) is 5.78. The Kier molecular flexibility index (Phi) is 6.52. The van der Waals surface area contributed by atoms with Crippen molar-refractivity contribution in [3.63, 3.8) is 0 Å². The SMILES string of the molecule is CCCCCCOc1cccc(C=C2CCCCC2=O)c1. The summed E-state index contributed by atoms with van der Waals surface area (Å²) in [6.45, 7) is 2.99. The van der Waals surface area contributed by atoms with Crippen LogP contribution in [0.2, 0.25) is 0 Å². The quantitative estimate of drug-likeness (QED) is 0.510. The van der Waals surface area contributed by atoms with E-state index in [2.05, 4.69) is 6.92 Å². The Balaban J connectivity index is 1.91. The molecule has 0 heterocycles. The topological polar surface area (TPSA) is 26.3 Å². The zero-order valence-corrected chi connectivity index (χ0v) is 13.1. The number of ether oxygens (including phenoxy) is 1. The predicted molar refractivity (Wildman–Crippen MR) is 87.5 cm³/mol. The van der Waals surface area contributed by atoms with Gasteiger partial charge in [-0.3, -0.25) is 4.79 Å². The first-order valence-electron chi connectivity index (χ1n) is 8.26. The summed E-state index contributed by atoms with van der Waals surface area (Å²) in [5.41, 5.74) is 2.05. The van der Waals surface area contributed by atoms with Crippen LogP contribution in [0.4, 0.5) is 0 Å². The highest BCUT2D eigenvalue weighted by atomic mass is 16.5. The van der Waals surface area contributed by atoms with Gasteiger partial charge in [0.2, 0.25) is 0 Å². The highest BCUT2D eigenvalue weighted by molar-refractivity contribution is 6.00. The molecule has 2 rings (SSSR count). The predicted octanol–water partition coefficient (Wildman–Crippen LogP) is 5.17. The molecule has 0 saturated heterocycles. The minimum atomic E-state index is 0.312. The molecule has 1 aliphatic rings. The van der Waals surface area contributed by atoms with E-state index in [0.29, 0.717) is 12.2 Å². The van der Waals surface area contributed by atoms with Crippen LogP contribution in [-0.4, -0.2) is 12.4 Å². The van der Waals surface area contributed by atoms with Gasteiger partial charge in [0.05, 0.1) is 6.61 Å². The van der Waals surface area contributed by atoms with Crippen LogP contribution in [0, 0.1) is 0 Å². The number of rotatable bonds is 7. The van der Waals surface area contributed by atoms with E-state index in [9.17, 15) is 4.79 Å². The molecule has 21 heavy (non-hydrogen) atoms. The van der Waals surface area contributed by atoms with Crippen LogP contribution in [0.15, 0.2) is 29.8 Å². The van der Waals surface area contributed by atoms with Gasteiger partial charge in [-0.25, -0.2) is 0 Å². The molecule has 2 heteroatoms. The molecule has 0 aliphatic heterocycles. The maximum atomic E-state index is 11.9. The smallest absolute Gasteiger partial charge is 0.158 e. The molecule has 0 atom stereocenters. The maximum Gasteiger partial charge on any atom is 0.158 e. The molecule has 1 aromatic rings. The fourth-order valence-electron chi connectivity index (χ4n) is 2.67. The molecule has 1 aliphatic carbocycles. The van der Waals surface area contributed by atoms with E-state index >= 15 is 0 Å². The summed E-state index contributed by atoms with van der Waals surface area (Å²) in [6.07, 6.45) is 10.7. The highest BCUT2D eigenvalue weighted by Crippen LogP contribution is 2.23. The standard InChI is InChI=1S/C19H26O2/c1-2-3-4-7-13-21-18-11-8-9-16(15-18)14-17-10-5-6-12-19(17)20/h8-9,11,14-15H,2-7,10,12-13H2,1H3. The second kappa shape index (κ2) is 8.66. The van der Waals surface area contributed by atoms with Gasteiger partial charge in [0.15, 0.2) is 5.78 Å².